The molecule has 32 heavy (non-hydrogen) atoms. The number of rotatable bonds is 10. The first-order valence-electron chi connectivity index (χ1n) is 9.93. The number of hydrogen-bond donors (Lipinski definition) is 1. The summed E-state index contributed by atoms with van der Waals surface area (Å²) in [4.78, 5) is 14.6. The van der Waals surface area contributed by atoms with Gasteiger partial charge in [0.15, 0.2) is 11.0 Å². The number of carbonyl (C=O) groups excluding carboxylic acids is 1. The zero-order valence-corrected chi connectivity index (χ0v) is 19.5. The molecule has 1 heterocycles. The van der Waals surface area contributed by atoms with E-state index in [1.165, 1.54) is 11.8 Å². The normalized spacial score (nSPS) is 10.5. The summed E-state index contributed by atoms with van der Waals surface area (Å²) in [5, 5.41) is 12.2. The first-order valence-corrected chi connectivity index (χ1v) is 10.9. The molecule has 0 aliphatic heterocycles. The summed E-state index contributed by atoms with van der Waals surface area (Å²) in [5.41, 5.74) is 2.59. The molecule has 0 spiro atoms. The molecule has 0 fully saturated rings. The van der Waals surface area contributed by atoms with E-state index in [1.54, 1.807) is 38.5 Å². The Morgan fingerprint density at radius 1 is 1.19 bits per heavy atom. The lowest BCUT2D eigenvalue weighted by atomic mass is 10.2. The Kier molecular flexibility index (Phi) is 7.77. The van der Waals surface area contributed by atoms with Crippen LogP contribution in [0.2, 0.25) is 0 Å². The van der Waals surface area contributed by atoms with Gasteiger partial charge in [0.2, 0.25) is 5.91 Å². The Balaban J connectivity index is 1.75. The molecule has 8 nitrogen and oxygen atoms in total. The van der Waals surface area contributed by atoms with Crippen LogP contribution in [0.25, 0.3) is 11.4 Å². The van der Waals surface area contributed by atoms with Gasteiger partial charge in [-0.25, -0.2) is 0 Å². The van der Waals surface area contributed by atoms with Gasteiger partial charge < -0.3 is 19.7 Å². The van der Waals surface area contributed by atoms with Crippen molar-refractivity contribution in [3.8, 4) is 22.9 Å². The smallest absolute Gasteiger partial charge is 0.234 e. The van der Waals surface area contributed by atoms with Crippen LogP contribution in [-0.4, -0.2) is 54.7 Å². The van der Waals surface area contributed by atoms with E-state index in [0.29, 0.717) is 28.9 Å². The van der Waals surface area contributed by atoms with E-state index in [2.05, 4.69) is 28.2 Å². The second kappa shape index (κ2) is 10.7. The molecule has 3 rings (SSSR count). The quantitative estimate of drug-likeness (QED) is 0.368. The fraction of sp³-hybridized carbons (Fsp3) is 0.261. The van der Waals surface area contributed by atoms with Crippen molar-refractivity contribution in [3.05, 3.63) is 55.1 Å². The average Bonchev–Trinajstić information content (AvgIpc) is 3.20. The van der Waals surface area contributed by atoms with E-state index in [0.717, 1.165) is 17.1 Å². The highest BCUT2D eigenvalue weighted by Crippen LogP contribution is 2.30. The summed E-state index contributed by atoms with van der Waals surface area (Å²) in [6.07, 6.45) is 1.79. The number of thioether (sulfide) groups is 1. The van der Waals surface area contributed by atoms with Crippen LogP contribution in [-0.2, 0) is 11.3 Å². The van der Waals surface area contributed by atoms with Crippen molar-refractivity contribution < 1.29 is 14.3 Å². The Bertz CT molecular complexity index is 1100. The second-order valence-corrected chi connectivity index (χ2v) is 8.00. The van der Waals surface area contributed by atoms with Gasteiger partial charge in [-0.1, -0.05) is 30.0 Å². The van der Waals surface area contributed by atoms with Crippen LogP contribution < -0.4 is 19.7 Å². The number of ether oxygens (including phenoxy) is 2. The summed E-state index contributed by atoms with van der Waals surface area (Å²) in [6.45, 7) is 4.38. The maximum Gasteiger partial charge on any atom is 0.234 e. The van der Waals surface area contributed by atoms with Gasteiger partial charge in [0.05, 0.1) is 25.7 Å². The van der Waals surface area contributed by atoms with Crippen molar-refractivity contribution in [1.82, 2.24) is 14.8 Å². The van der Waals surface area contributed by atoms with E-state index in [4.69, 9.17) is 9.47 Å². The van der Waals surface area contributed by atoms with Gasteiger partial charge >= 0.3 is 0 Å². The number of hydrogen-bond acceptors (Lipinski definition) is 7. The van der Waals surface area contributed by atoms with Crippen LogP contribution in [0.4, 0.5) is 11.4 Å². The van der Waals surface area contributed by atoms with Gasteiger partial charge in [0, 0.05) is 38.0 Å². The maximum absolute atomic E-state index is 12.6. The third kappa shape index (κ3) is 5.42. The molecule has 0 saturated heterocycles. The molecule has 2 aromatic carbocycles. The number of carbonyl (C=O) groups is 1. The standard InChI is InChI=1S/C23H27N5O3S/c1-6-12-28-22(16-8-7-9-17(13-16)27(2)3)25-26-23(28)32-15-21(29)24-19-11-10-18(30-4)14-20(19)31-5/h6-11,13-14H,1,12,15H2,2-5H3,(H,24,29). The summed E-state index contributed by atoms with van der Waals surface area (Å²) in [7, 11) is 7.11. The van der Waals surface area contributed by atoms with Gasteiger partial charge in [-0.15, -0.1) is 16.8 Å². The lowest BCUT2D eigenvalue weighted by Crippen LogP contribution is -2.15. The van der Waals surface area contributed by atoms with Gasteiger partial charge in [-0.05, 0) is 24.3 Å². The minimum Gasteiger partial charge on any atom is -0.497 e. The maximum atomic E-state index is 12.6. The summed E-state index contributed by atoms with van der Waals surface area (Å²) < 4.78 is 12.5. The molecule has 0 atom stereocenters. The van der Waals surface area contributed by atoms with Crippen LogP contribution >= 0.6 is 11.8 Å². The number of amides is 1. The minimum absolute atomic E-state index is 0.169. The number of benzene rings is 2. The third-order valence-corrected chi connectivity index (χ3v) is 5.63. The first kappa shape index (κ1) is 23.2. The number of anilines is 2. The molecular formula is C23H27N5O3S. The monoisotopic (exact) mass is 453 g/mol. The molecule has 3 aromatic rings. The number of aromatic nitrogens is 3. The largest absolute Gasteiger partial charge is 0.497 e. The molecule has 0 unspecified atom stereocenters. The molecule has 168 valence electrons. The van der Waals surface area contributed by atoms with E-state index in [-0.39, 0.29) is 11.7 Å². The first-order chi connectivity index (χ1) is 15.5. The lowest BCUT2D eigenvalue weighted by Gasteiger charge is -2.14. The molecule has 9 heteroatoms. The number of nitrogens with one attached hydrogen (secondary N) is 1. The zero-order chi connectivity index (χ0) is 23.1. The molecule has 0 radical (unpaired) electrons. The third-order valence-electron chi connectivity index (χ3n) is 4.66. The zero-order valence-electron chi connectivity index (χ0n) is 18.7. The number of nitrogens with zero attached hydrogens (tertiary/aromatic N) is 4. The van der Waals surface area contributed by atoms with Crippen molar-refractivity contribution in [1.29, 1.82) is 0 Å². The Labute approximate surface area is 192 Å². The molecule has 0 aliphatic carbocycles. The highest BCUT2D eigenvalue weighted by molar-refractivity contribution is 7.99. The van der Waals surface area contributed by atoms with E-state index < -0.39 is 0 Å². The highest BCUT2D eigenvalue weighted by Gasteiger charge is 2.16. The SMILES string of the molecule is C=CCn1c(SCC(=O)Nc2ccc(OC)cc2OC)nnc1-c1cccc(N(C)C)c1. The summed E-state index contributed by atoms with van der Waals surface area (Å²) >= 11 is 1.32. The van der Waals surface area contributed by atoms with Gasteiger partial charge in [0.25, 0.3) is 0 Å². The van der Waals surface area contributed by atoms with Crippen molar-refractivity contribution in [2.45, 2.75) is 11.7 Å². The molecule has 1 amide bonds. The topological polar surface area (TPSA) is 81.5 Å². The van der Waals surface area contributed by atoms with Crippen LogP contribution in [0.15, 0.2) is 60.3 Å². The van der Waals surface area contributed by atoms with Crippen LogP contribution in [0.1, 0.15) is 0 Å². The fourth-order valence-electron chi connectivity index (χ4n) is 3.04. The lowest BCUT2D eigenvalue weighted by molar-refractivity contribution is -0.113. The van der Waals surface area contributed by atoms with Crippen molar-refractivity contribution in [2.75, 3.05) is 44.3 Å². The highest BCUT2D eigenvalue weighted by atomic mass is 32.2. The Morgan fingerprint density at radius 2 is 2.00 bits per heavy atom. The Morgan fingerprint density at radius 3 is 2.69 bits per heavy atom. The predicted octanol–water partition coefficient (Wildman–Crippen LogP) is 3.95. The van der Waals surface area contributed by atoms with Gasteiger partial charge in [-0.3, -0.25) is 9.36 Å². The summed E-state index contributed by atoms with van der Waals surface area (Å²) in [6, 6.07) is 13.3. The summed E-state index contributed by atoms with van der Waals surface area (Å²) in [5.74, 6) is 1.90. The molecular weight excluding hydrogens is 426 g/mol. The molecule has 0 saturated carbocycles. The molecule has 0 bridgehead atoms. The van der Waals surface area contributed by atoms with Crippen molar-refractivity contribution in [2.24, 2.45) is 0 Å². The predicted molar refractivity (Wildman–Crippen MR) is 129 cm³/mol. The fourth-order valence-corrected chi connectivity index (χ4v) is 3.79. The van der Waals surface area contributed by atoms with Crippen LogP contribution in [0, 0.1) is 0 Å². The van der Waals surface area contributed by atoms with Gasteiger partial charge in [-0.2, -0.15) is 0 Å². The van der Waals surface area contributed by atoms with Crippen molar-refractivity contribution in [3.63, 3.8) is 0 Å². The number of allylic oxidation sites excluding steroid dienone is 1. The molecule has 1 aromatic heterocycles. The van der Waals surface area contributed by atoms with E-state index >= 15 is 0 Å². The van der Waals surface area contributed by atoms with Crippen LogP contribution in [0.3, 0.4) is 0 Å². The molecule has 0 aliphatic rings. The van der Waals surface area contributed by atoms with Crippen LogP contribution in [0.5, 0.6) is 11.5 Å². The van der Waals surface area contributed by atoms with E-state index in [9.17, 15) is 4.79 Å². The second-order valence-electron chi connectivity index (χ2n) is 7.05. The average molecular weight is 454 g/mol. The Hall–Kier alpha value is -3.46. The minimum atomic E-state index is -0.178. The van der Waals surface area contributed by atoms with E-state index in [1.807, 2.05) is 41.8 Å². The van der Waals surface area contributed by atoms with Gasteiger partial charge in [0.1, 0.15) is 11.5 Å². The van der Waals surface area contributed by atoms with Crippen molar-refractivity contribution >= 4 is 29.0 Å². The molecule has 1 N–H and O–H groups in total. The number of methoxy groups -OCH3 is 2.